The molecule has 1 atom stereocenters. The third kappa shape index (κ3) is 2.11. The average molecular weight is 197 g/mol. The third-order valence-electron chi connectivity index (χ3n) is 2.14. The van der Waals surface area contributed by atoms with Crippen molar-refractivity contribution in [3.8, 4) is 0 Å². The van der Waals surface area contributed by atoms with E-state index in [1.165, 1.54) is 7.11 Å². The first-order valence-corrected chi connectivity index (χ1v) is 4.41. The summed E-state index contributed by atoms with van der Waals surface area (Å²) in [5, 5.41) is 4.06. The molecule has 0 fully saturated rings. The topological polar surface area (TPSA) is 70.1 Å². The molecule has 0 saturated carbocycles. The van der Waals surface area contributed by atoms with Gasteiger partial charge in [-0.3, -0.25) is 9.48 Å². The Labute approximate surface area is 82.8 Å². The fourth-order valence-corrected chi connectivity index (χ4v) is 1.25. The molecule has 0 spiro atoms. The minimum atomic E-state index is -0.313. The van der Waals surface area contributed by atoms with Crippen LogP contribution in [0.4, 0.5) is 0 Å². The highest BCUT2D eigenvalue weighted by Crippen LogP contribution is 2.13. The van der Waals surface area contributed by atoms with Gasteiger partial charge in [-0.05, 0) is 13.8 Å². The van der Waals surface area contributed by atoms with E-state index in [0.29, 0.717) is 0 Å². The summed E-state index contributed by atoms with van der Waals surface area (Å²) < 4.78 is 6.14. The van der Waals surface area contributed by atoms with Gasteiger partial charge < -0.3 is 10.5 Å². The Bertz CT molecular complexity index is 331. The molecule has 0 radical (unpaired) electrons. The molecule has 0 aliphatic heterocycles. The summed E-state index contributed by atoms with van der Waals surface area (Å²) in [6.07, 6.45) is 1.68. The Kier molecular flexibility index (Phi) is 3.24. The molecule has 78 valence electrons. The molecule has 0 bridgehead atoms. The SMILES string of the molecule is COC(=O)Cn1ncc(C(C)N)c1C. The van der Waals surface area contributed by atoms with Gasteiger partial charge >= 0.3 is 5.97 Å². The molecule has 1 rings (SSSR count). The highest BCUT2D eigenvalue weighted by atomic mass is 16.5. The van der Waals surface area contributed by atoms with Crippen LogP contribution in [0.1, 0.15) is 24.2 Å². The highest BCUT2D eigenvalue weighted by molar-refractivity contribution is 5.68. The van der Waals surface area contributed by atoms with Crippen LogP contribution in [0.15, 0.2) is 6.20 Å². The van der Waals surface area contributed by atoms with E-state index in [0.717, 1.165) is 11.3 Å². The van der Waals surface area contributed by atoms with Crippen LogP contribution in [0, 0.1) is 6.92 Å². The van der Waals surface area contributed by atoms with Gasteiger partial charge in [0.2, 0.25) is 0 Å². The molecule has 1 aromatic rings. The molecular weight excluding hydrogens is 182 g/mol. The lowest BCUT2D eigenvalue weighted by Crippen LogP contribution is -2.14. The molecule has 0 aliphatic carbocycles. The first-order valence-electron chi connectivity index (χ1n) is 4.41. The second kappa shape index (κ2) is 4.23. The van der Waals surface area contributed by atoms with Crippen molar-refractivity contribution in [2.45, 2.75) is 26.4 Å². The molecule has 1 unspecified atom stereocenters. The van der Waals surface area contributed by atoms with Crippen molar-refractivity contribution in [2.24, 2.45) is 5.73 Å². The summed E-state index contributed by atoms with van der Waals surface area (Å²) in [5.74, 6) is -0.313. The molecule has 2 N–H and O–H groups in total. The third-order valence-corrected chi connectivity index (χ3v) is 2.14. The quantitative estimate of drug-likeness (QED) is 0.711. The van der Waals surface area contributed by atoms with Crippen molar-refractivity contribution in [1.29, 1.82) is 0 Å². The second-order valence-electron chi connectivity index (χ2n) is 3.21. The van der Waals surface area contributed by atoms with Gasteiger partial charge in [-0.2, -0.15) is 5.10 Å². The minimum Gasteiger partial charge on any atom is -0.468 e. The van der Waals surface area contributed by atoms with Crippen LogP contribution in [-0.4, -0.2) is 22.9 Å². The summed E-state index contributed by atoms with van der Waals surface area (Å²) in [7, 11) is 1.35. The van der Waals surface area contributed by atoms with Gasteiger partial charge in [0.1, 0.15) is 6.54 Å². The predicted molar refractivity (Wildman–Crippen MR) is 51.6 cm³/mol. The van der Waals surface area contributed by atoms with Crippen LogP contribution in [-0.2, 0) is 16.1 Å². The fourth-order valence-electron chi connectivity index (χ4n) is 1.25. The summed E-state index contributed by atoms with van der Waals surface area (Å²) in [6.45, 7) is 3.90. The molecule has 1 aromatic heterocycles. The van der Waals surface area contributed by atoms with Gasteiger partial charge in [0.05, 0.1) is 13.3 Å². The van der Waals surface area contributed by atoms with Crippen LogP contribution in [0.2, 0.25) is 0 Å². The van der Waals surface area contributed by atoms with Gasteiger partial charge in [0.25, 0.3) is 0 Å². The first kappa shape index (κ1) is 10.7. The number of aromatic nitrogens is 2. The predicted octanol–water partition coefficient (Wildman–Crippen LogP) is 0.384. The highest BCUT2D eigenvalue weighted by Gasteiger charge is 2.11. The summed E-state index contributed by atoms with van der Waals surface area (Å²) >= 11 is 0. The van der Waals surface area contributed by atoms with E-state index in [9.17, 15) is 4.79 Å². The van der Waals surface area contributed by atoms with Crippen molar-refractivity contribution in [2.75, 3.05) is 7.11 Å². The molecular formula is C9H15N3O2. The van der Waals surface area contributed by atoms with Crippen LogP contribution in [0.3, 0.4) is 0 Å². The fraction of sp³-hybridized carbons (Fsp3) is 0.556. The van der Waals surface area contributed by atoms with Gasteiger partial charge in [-0.15, -0.1) is 0 Å². The zero-order valence-corrected chi connectivity index (χ0v) is 8.65. The smallest absolute Gasteiger partial charge is 0.327 e. The number of nitrogens with zero attached hydrogens (tertiary/aromatic N) is 2. The van der Waals surface area contributed by atoms with Gasteiger partial charge in [-0.1, -0.05) is 0 Å². The Morgan fingerprint density at radius 3 is 2.86 bits per heavy atom. The van der Waals surface area contributed by atoms with Crippen LogP contribution >= 0.6 is 0 Å². The van der Waals surface area contributed by atoms with E-state index in [4.69, 9.17) is 5.73 Å². The van der Waals surface area contributed by atoms with Gasteiger partial charge in [-0.25, -0.2) is 0 Å². The van der Waals surface area contributed by atoms with Crippen LogP contribution in [0.25, 0.3) is 0 Å². The van der Waals surface area contributed by atoms with E-state index in [2.05, 4.69) is 9.84 Å². The molecule has 1 heterocycles. The number of hydrogen-bond donors (Lipinski definition) is 1. The zero-order chi connectivity index (χ0) is 10.7. The Hall–Kier alpha value is -1.36. The maximum atomic E-state index is 11.0. The number of esters is 1. The maximum Gasteiger partial charge on any atom is 0.327 e. The lowest BCUT2D eigenvalue weighted by atomic mass is 10.1. The van der Waals surface area contributed by atoms with Crippen LogP contribution < -0.4 is 5.73 Å². The van der Waals surface area contributed by atoms with E-state index in [1.807, 2.05) is 13.8 Å². The molecule has 0 amide bonds. The monoisotopic (exact) mass is 197 g/mol. The zero-order valence-electron chi connectivity index (χ0n) is 8.65. The normalized spacial score (nSPS) is 12.6. The number of hydrogen-bond acceptors (Lipinski definition) is 4. The van der Waals surface area contributed by atoms with Crippen molar-refractivity contribution in [1.82, 2.24) is 9.78 Å². The molecule has 5 heteroatoms. The van der Waals surface area contributed by atoms with Crippen molar-refractivity contribution < 1.29 is 9.53 Å². The van der Waals surface area contributed by atoms with Crippen molar-refractivity contribution in [3.63, 3.8) is 0 Å². The van der Waals surface area contributed by atoms with Crippen LogP contribution in [0.5, 0.6) is 0 Å². The Morgan fingerprint density at radius 1 is 1.79 bits per heavy atom. The summed E-state index contributed by atoms with van der Waals surface area (Å²) in [4.78, 5) is 11.0. The lowest BCUT2D eigenvalue weighted by Gasteiger charge is -2.05. The molecule has 0 aromatic carbocycles. The number of ether oxygens (including phenoxy) is 1. The first-order chi connectivity index (χ1) is 6.56. The minimum absolute atomic E-state index is 0.0682. The number of rotatable bonds is 3. The summed E-state index contributed by atoms with van der Waals surface area (Å²) in [6, 6.07) is -0.0682. The molecule has 14 heavy (non-hydrogen) atoms. The van der Waals surface area contributed by atoms with Gasteiger partial charge in [0.15, 0.2) is 0 Å². The largest absolute Gasteiger partial charge is 0.468 e. The molecule has 0 saturated heterocycles. The van der Waals surface area contributed by atoms with E-state index in [1.54, 1.807) is 10.9 Å². The van der Waals surface area contributed by atoms with E-state index >= 15 is 0 Å². The van der Waals surface area contributed by atoms with Crippen molar-refractivity contribution >= 4 is 5.97 Å². The van der Waals surface area contributed by atoms with Crippen molar-refractivity contribution in [3.05, 3.63) is 17.5 Å². The van der Waals surface area contributed by atoms with E-state index in [-0.39, 0.29) is 18.6 Å². The standard InChI is InChI=1S/C9H15N3O2/c1-6(10)8-4-11-12(7(8)2)5-9(13)14-3/h4,6H,5,10H2,1-3H3. The number of carbonyl (C=O) groups is 1. The average Bonchev–Trinajstić information content (AvgIpc) is 2.48. The molecule has 5 nitrogen and oxygen atoms in total. The number of carbonyl (C=O) groups excluding carboxylic acids is 1. The van der Waals surface area contributed by atoms with E-state index < -0.39 is 0 Å². The lowest BCUT2D eigenvalue weighted by molar-refractivity contribution is -0.141. The number of methoxy groups -OCH3 is 1. The Morgan fingerprint density at radius 2 is 2.43 bits per heavy atom. The maximum absolute atomic E-state index is 11.0. The Balaban J connectivity index is 2.84. The summed E-state index contributed by atoms with van der Waals surface area (Å²) in [5.41, 5.74) is 7.58. The molecule has 0 aliphatic rings. The second-order valence-corrected chi connectivity index (χ2v) is 3.21. The number of nitrogens with two attached hydrogens (primary N) is 1. The van der Waals surface area contributed by atoms with Gasteiger partial charge in [0, 0.05) is 17.3 Å².